The molecule has 1 saturated carbocycles. The molecule has 0 heterocycles. The van der Waals surface area contributed by atoms with Crippen molar-refractivity contribution in [2.45, 2.75) is 31.2 Å². The molecule has 31 heavy (non-hydrogen) atoms. The van der Waals surface area contributed by atoms with Crippen molar-refractivity contribution >= 4 is 18.0 Å². The molecule has 164 valence electrons. The quantitative estimate of drug-likeness (QED) is 0.389. The topological polar surface area (TPSA) is 134 Å². The number of carbonyl (C=O) groups is 2. The van der Waals surface area contributed by atoms with Crippen LogP contribution in [0.1, 0.15) is 18.4 Å². The van der Waals surface area contributed by atoms with Gasteiger partial charge in [-0.25, -0.2) is 4.79 Å². The summed E-state index contributed by atoms with van der Waals surface area (Å²) in [6, 6.07) is 14.7. The lowest BCUT2D eigenvalue weighted by atomic mass is 9.71. The van der Waals surface area contributed by atoms with E-state index in [1.807, 2.05) is 0 Å². The molecule has 2 aromatic carbocycles. The van der Waals surface area contributed by atoms with Crippen molar-refractivity contribution in [2.24, 2.45) is 5.41 Å². The van der Waals surface area contributed by atoms with Gasteiger partial charge in [0, 0.05) is 12.5 Å². The summed E-state index contributed by atoms with van der Waals surface area (Å²) in [6.07, 6.45) is -1.92. The highest BCUT2D eigenvalue weighted by atomic mass is 16.6. The maximum absolute atomic E-state index is 12.2. The predicted molar refractivity (Wildman–Crippen MR) is 110 cm³/mol. The second-order valence-electron chi connectivity index (χ2n) is 7.55. The molecule has 1 aliphatic carbocycles. The van der Waals surface area contributed by atoms with Gasteiger partial charge in [0.2, 0.25) is 0 Å². The van der Waals surface area contributed by atoms with E-state index >= 15 is 0 Å². The van der Waals surface area contributed by atoms with Gasteiger partial charge in [-0.15, -0.1) is 0 Å². The Bertz CT molecular complexity index is 924. The number of ether oxygens (including phenoxy) is 2. The highest BCUT2D eigenvalue weighted by molar-refractivity contribution is 5.87. The Kier molecular flexibility index (Phi) is 6.94. The van der Waals surface area contributed by atoms with Crippen LogP contribution in [0.4, 0.5) is 0 Å². The number of hydrogen-bond acceptors (Lipinski definition) is 7. The normalized spacial score (nSPS) is 25.8. The van der Waals surface area contributed by atoms with Gasteiger partial charge < -0.3 is 29.9 Å². The summed E-state index contributed by atoms with van der Waals surface area (Å²) in [7, 11) is 0. The van der Waals surface area contributed by atoms with E-state index in [1.165, 1.54) is 18.2 Å². The number of carboxylic acid groups (broad SMARTS) is 1. The summed E-state index contributed by atoms with van der Waals surface area (Å²) in [5.41, 5.74) is -0.907. The third kappa shape index (κ3) is 5.62. The monoisotopic (exact) mass is 428 g/mol. The van der Waals surface area contributed by atoms with Crippen molar-refractivity contribution in [1.29, 1.82) is 0 Å². The summed E-state index contributed by atoms with van der Waals surface area (Å²) in [5, 5.41) is 39.7. The van der Waals surface area contributed by atoms with Crippen LogP contribution in [0, 0.1) is 5.41 Å². The largest absolute Gasteiger partial charge is 0.508 e. The zero-order valence-electron chi connectivity index (χ0n) is 16.6. The van der Waals surface area contributed by atoms with Gasteiger partial charge in [0.05, 0.1) is 6.10 Å². The molecule has 0 aromatic heterocycles. The number of hydrogen-bond donors (Lipinski definition) is 4. The summed E-state index contributed by atoms with van der Waals surface area (Å²) in [6.45, 7) is -0.256. The van der Waals surface area contributed by atoms with E-state index in [4.69, 9.17) is 9.47 Å². The fourth-order valence-corrected chi connectivity index (χ4v) is 3.50. The number of aliphatic carboxylic acids is 1. The molecule has 1 fully saturated rings. The number of aromatic hydroxyl groups is 1. The first-order chi connectivity index (χ1) is 14.8. The van der Waals surface area contributed by atoms with Gasteiger partial charge in [0.15, 0.2) is 0 Å². The minimum Gasteiger partial charge on any atom is -0.508 e. The molecular formula is C23H24O8. The minimum atomic E-state index is -1.54. The Morgan fingerprint density at radius 3 is 2.35 bits per heavy atom. The SMILES string of the molecule is O=C(/C=C/c1ccc(O)cc1)O[C@@H]1C[C@@](COc2ccccc2)(C(=O)O)C[C@H](O)[C@H]1O. The minimum absolute atomic E-state index is 0.0850. The number of rotatable bonds is 7. The van der Waals surface area contributed by atoms with Gasteiger partial charge in [0.25, 0.3) is 0 Å². The van der Waals surface area contributed by atoms with E-state index < -0.39 is 35.7 Å². The number of aliphatic hydroxyl groups is 2. The summed E-state index contributed by atoms with van der Waals surface area (Å²) in [5.74, 6) is -1.46. The van der Waals surface area contributed by atoms with Crippen molar-refractivity contribution in [3.05, 3.63) is 66.2 Å². The smallest absolute Gasteiger partial charge is 0.331 e. The molecule has 0 unspecified atom stereocenters. The second kappa shape index (κ2) is 9.63. The van der Waals surface area contributed by atoms with E-state index in [0.717, 1.165) is 6.08 Å². The summed E-state index contributed by atoms with van der Waals surface area (Å²) in [4.78, 5) is 24.3. The van der Waals surface area contributed by atoms with E-state index in [2.05, 4.69) is 0 Å². The Morgan fingerprint density at radius 1 is 1.03 bits per heavy atom. The van der Waals surface area contributed by atoms with Crippen LogP contribution in [-0.4, -0.2) is 57.3 Å². The van der Waals surface area contributed by atoms with Crippen LogP contribution in [0.3, 0.4) is 0 Å². The van der Waals surface area contributed by atoms with Crippen LogP contribution >= 0.6 is 0 Å². The van der Waals surface area contributed by atoms with Gasteiger partial charge in [-0.3, -0.25) is 4.79 Å². The number of phenolic OH excluding ortho intramolecular Hbond substituents is 1. The molecule has 8 nitrogen and oxygen atoms in total. The average Bonchev–Trinajstić information content (AvgIpc) is 2.76. The van der Waals surface area contributed by atoms with Crippen LogP contribution in [0.25, 0.3) is 6.08 Å². The Hall–Kier alpha value is -3.36. The fourth-order valence-electron chi connectivity index (χ4n) is 3.50. The van der Waals surface area contributed by atoms with E-state index in [9.17, 15) is 30.0 Å². The third-order valence-corrected chi connectivity index (χ3v) is 5.25. The first-order valence-corrected chi connectivity index (χ1v) is 9.74. The van der Waals surface area contributed by atoms with Crippen molar-refractivity contribution in [2.75, 3.05) is 6.61 Å². The number of para-hydroxylation sites is 1. The molecule has 0 radical (unpaired) electrons. The zero-order chi connectivity index (χ0) is 22.4. The molecule has 0 aliphatic heterocycles. The number of esters is 1. The van der Waals surface area contributed by atoms with E-state index in [-0.39, 0.29) is 25.2 Å². The standard InChI is InChI=1S/C23H24O8/c24-16-9-6-15(7-10-16)8-11-20(26)31-19-13-23(22(28)29,12-18(25)21(19)27)14-30-17-4-2-1-3-5-17/h1-11,18-19,21,24-25,27H,12-14H2,(H,28,29)/b11-8+/t18-,19+,21+,23-/m0/s1. The Morgan fingerprint density at radius 2 is 1.71 bits per heavy atom. The molecule has 0 bridgehead atoms. The first-order valence-electron chi connectivity index (χ1n) is 9.74. The highest BCUT2D eigenvalue weighted by Crippen LogP contribution is 2.39. The number of phenols is 1. The predicted octanol–water partition coefficient (Wildman–Crippen LogP) is 1.98. The maximum Gasteiger partial charge on any atom is 0.331 e. The first kappa shape index (κ1) is 22.3. The maximum atomic E-state index is 12.2. The van der Waals surface area contributed by atoms with Crippen LogP contribution in [0.15, 0.2) is 60.7 Å². The van der Waals surface area contributed by atoms with Crippen molar-refractivity contribution in [3.8, 4) is 11.5 Å². The lowest BCUT2D eigenvalue weighted by Crippen LogP contribution is -2.55. The third-order valence-electron chi connectivity index (χ3n) is 5.25. The van der Waals surface area contributed by atoms with Gasteiger partial charge >= 0.3 is 11.9 Å². The molecule has 4 atom stereocenters. The number of carbonyl (C=O) groups excluding carboxylic acids is 1. The number of benzene rings is 2. The van der Waals surface area contributed by atoms with Gasteiger partial charge in [-0.2, -0.15) is 0 Å². The van der Waals surface area contributed by atoms with Gasteiger partial charge in [-0.05, 0) is 42.3 Å². The molecule has 8 heteroatoms. The average molecular weight is 428 g/mol. The molecule has 2 aromatic rings. The molecule has 0 saturated heterocycles. The lowest BCUT2D eigenvalue weighted by Gasteiger charge is -2.41. The zero-order valence-corrected chi connectivity index (χ0v) is 16.6. The Balaban J connectivity index is 1.70. The summed E-state index contributed by atoms with van der Waals surface area (Å²) < 4.78 is 10.9. The van der Waals surface area contributed by atoms with Crippen LogP contribution < -0.4 is 4.74 Å². The van der Waals surface area contributed by atoms with E-state index in [0.29, 0.717) is 11.3 Å². The van der Waals surface area contributed by atoms with Crippen LogP contribution in [-0.2, 0) is 14.3 Å². The molecule has 1 aliphatic rings. The molecule has 0 amide bonds. The van der Waals surface area contributed by atoms with E-state index in [1.54, 1.807) is 42.5 Å². The lowest BCUT2D eigenvalue weighted by molar-refractivity contribution is -0.185. The van der Waals surface area contributed by atoms with Gasteiger partial charge in [0.1, 0.15) is 35.7 Å². The molecule has 3 rings (SSSR count). The van der Waals surface area contributed by atoms with Crippen molar-refractivity contribution in [3.63, 3.8) is 0 Å². The van der Waals surface area contributed by atoms with Crippen molar-refractivity contribution < 1.29 is 39.5 Å². The highest BCUT2D eigenvalue weighted by Gasteiger charge is 2.52. The number of carboxylic acids is 1. The van der Waals surface area contributed by atoms with Crippen LogP contribution in [0.5, 0.6) is 11.5 Å². The molecule has 0 spiro atoms. The molecule has 4 N–H and O–H groups in total. The second-order valence-corrected chi connectivity index (χ2v) is 7.55. The fraction of sp³-hybridized carbons (Fsp3) is 0.304. The van der Waals surface area contributed by atoms with Gasteiger partial charge in [-0.1, -0.05) is 30.3 Å². The summed E-state index contributed by atoms with van der Waals surface area (Å²) >= 11 is 0. The molecular weight excluding hydrogens is 404 g/mol. The number of aliphatic hydroxyl groups excluding tert-OH is 2. The van der Waals surface area contributed by atoms with Crippen molar-refractivity contribution in [1.82, 2.24) is 0 Å². The Labute approximate surface area is 179 Å². The van der Waals surface area contributed by atoms with Crippen LogP contribution in [0.2, 0.25) is 0 Å².